The van der Waals surface area contributed by atoms with E-state index in [0.717, 1.165) is 30.4 Å². The monoisotopic (exact) mass is 296 g/mol. The summed E-state index contributed by atoms with van der Waals surface area (Å²) in [6, 6.07) is 0.754. The summed E-state index contributed by atoms with van der Waals surface area (Å²) < 4.78 is 5.37. The minimum Gasteiger partial charge on any atom is -0.384 e. The lowest BCUT2D eigenvalue weighted by Gasteiger charge is -2.41. The number of hydrogen-bond donors (Lipinski definition) is 1. The van der Waals surface area contributed by atoms with Gasteiger partial charge < -0.3 is 15.0 Å². The standard InChI is InChI=1S/C18H36N2O/c1-4-9-19-18-8-7-15(2)11-17(18)13-20-10-5-6-16(12-20)14-21-3/h15-19H,4-14H2,1-3H3. The second kappa shape index (κ2) is 9.12. The molecule has 3 nitrogen and oxygen atoms in total. The van der Waals surface area contributed by atoms with Gasteiger partial charge in [0.15, 0.2) is 0 Å². The molecule has 124 valence electrons. The highest BCUT2D eigenvalue weighted by molar-refractivity contribution is 4.86. The largest absolute Gasteiger partial charge is 0.384 e. The molecule has 0 bridgehead atoms. The topological polar surface area (TPSA) is 24.5 Å². The Balaban J connectivity index is 1.84. The van der Waals surface area contributed by atoms with Crippen molar-refractivity contribution < 1.29 is 4.74 Å². The Morgan fingerprint density at radius 2 is 2.10 bits per heavy atom. The minimum atomic E-state index is 0.754. The molecule has 0 spiro atoms. The number of nitrogens with one attached hydrogen (secondary N) is 1. The van der Waals surface area contributed by atoms with Crippen LogP contribution in [0.5, 0.6) is 0 Å². The van der Waals surface area contributed by atoms with Crippen LogP contribution in [0.4, 0.5) is 0 Å². The van der Waals surface area contributed by atoms with E-state index in [2.05, 4.69) is 24.1 Å². The number of methoxy groups -OCH3 is 1. The van der Waals surface area contributed by atoms with Gasteiger partial charge in [0, 0.05) is 26.2 Å². The van der Waals surface area contributed by atoms with Crippen LogP contribution in [-0.4, -0.2) is 50.8 Å². The molecule has 2 rings (SSSR count). The van der Waals surface area contributed by atoms with Gasteiger partial charge in [-0.25, -0.2) is 0 Å². The van der Waals surface area contributed by atoms with Gasteiger partial charge in [0.2, 0.25) is 0 Å². The fraction of sp³-hybridized carbons (Fsp3) is 1.00. The van der Waals surface area contributed by atoms with E-state index in [1.165, 1.54) is 64.7 Å². The zero-order valence-corrected chi connectivity index (χ0v) is 14.4. The van der Waals surface area contributed by atoms with E-state index in [1.807, 2.05) is 7.11 Å². The van der Waals surface area contributed by atoms with Crippen molar-refractivity contribution in [2.45, 2.75) is 58.4 Å². The Morgan fingerprint density at radius 3 is 2.86 bits per heavy atom. The predicted octanol–water partition coefficient (Wildman–Crippen LogP) is 3.15. The van der Waals surface area contributed by atoms with Crippen LogP contribution < -0.4 is 5.32 Å². The van der Waals surface area contributed by atoms with Crippen LogP contribution in [0.25, 0.3) is 0 Å². The normalized spacial score (nSPS) is 35.0. The van der Waals surface area contributed by atoms with E-state index in [9.17, 15) is 0 Å². The fourth-order valence-electron chi connectivity index (χ4n) is 4.32. The lowest BCUT2D eigenvalue weighted by atomic mass is 9.78. The molecule has 4 atom stereocenters. The van der Waals surface area contributed by atoms with Crippen molar-refractivity contribution >= 4 is 0 Å². The Labute approximate surface area is 131 Å². The van der Waals surface area contributed by atoms with Crippen LogP contribution in [0.1, 0.15) is 52.4 Å². The molecule has 1 aliphatic carbocycles. The van der Waals surface area contributed by atoms with E-state index in [4.69, 9.17) is 4.74 Å². The van der Waals surface area contributed by atoms with Gasteiger partial charge >= 0.3 is 0 Å². The Morgan fingerprint density at radius 1 is 1.24 bits per heavy atom. The van der Waals surface area contributed by atoms with Gasteiger partial charge in [-0.05, 0) is 69.4 Å². The third kappa shape index (κ3) is 5.54. The molecule has 0 radical (unpaired) electrons. The Hall–Kier alpha value is -0.120. The van der Waals surface area contributed by atoms with Crippen molar-refractivity contribution in [1.29, 1.82) is 0 Å². The van der Waals surface area contributed by atoms with E-state index in [1.54, 1.807) is 0 Å². The molecule has 0 aromatic carbocycles. The van der Waals surface area contributed by atoms with Crippen molar-refractivity contribution in [3.05, 3.63) is 0 Å². The maximum atomic E-state index is 5.37. The van der Waals surface area contributed by atoms with Gasteiger partial charge in [-0.2, -0.15) is 0 Å². The maximum absolute atomic E-state index is 5.37. The molecule has 21 heavy (non-hydrogen) atoms. The first-order valence-corrected chi connectivity index (χ1v) is 9.17. The number of piperidine rings is 1. The summed E-state index contributed by atoms with van der Waals surface area (Å²) in [5.74, 6) is 2.52. The van der Waals surface area contributed by atoms with Crippen molar-refractivity contribution in [3.8, 4) is 0 Å². The summed E-state index contributed by atoms with van der Waals surface area (Å²) in [7, 11) is 1.84. The van der Waals surface area contributed by atoms with Gasteiger partial charge in [0.25, 0.3) is 0 Å². The summed E-state index contributed by atoms with van der Waals surface area (Å²) in [5, 5.41) is 3.82. The number of ether oxygens (including phenoxy) is 1. The summed E-state index contributed by atoms with van der Waals surface area (Å²) in [5.41, 5.74) is 0. The van der Waals surface area contributed by atoms with Crippen LogP contribution >= 0.6 is 0 Å². The van der Waals surface area contributed by atoms with E-state index in [0.29, 0.717) is 0 Å². The van der Waals surface area contributed by atoms with E-state index >= 15 is 0 Å². The van der Waals surface area contributed by atoms with Gasteiger partial charge in [-0.1, -0.05) is 13.8 Å². The first kappa shape index (κ1) is 17.2. The first-order chi connectivity index (χ1) is 10.2. The molecule has 1 N–H and O–H groups in total. The lowest BCUT2D eigenvalue weighted by molar-refractivity contribution is 0.0685. The maximum Gasteiger partial charge on any atom is 0.0502 e. The molecule has 0 aromatic rings. The highest BCUT2D eigenvalue weighted by Crippen LogP contribution is 2.31. The van der Waals surface area contributed by atoms with E-state index in [-0.39, 0.29) is 0 Å². The van der Waals surface area contributed by atoms with Crippen molar-refractivity contribution in [3.63, 3.8) is 0 Å². The number of hydrogen-bond acceptors (Lipinski definition) is 3. The molecule has 1 saturated heterocycles. The first-order valence-electron chi connectivity index (χ1n) is 9.17. The minimum absolute atomic E-state index is 0.754. The van der Waals surface area contributed by atoms with Crippen molar-refractivity contribution in [2.75, 3.05) is 39.9 Å². The second-order valence-electron chi connectivity index (χ2n) is 7.46. The molecule has 1 aliphatic heterocycles. The quantitative estimate of drug-likeness (QED) is 0.781. The van der Waals surface area contributed by atoms with E-state index < -0.39 is 0 Å². The smallest absolute Gasteiger partial charge is 0.0502 e. The molecule has 2 fully saturated rings. The van der Waals surface area contributed by atoms with Gasteiger partial charge in [-0.15, -0.1) is 0 Å². The molecule has 3 heteroatoms. The Kier molecular flexibility index (Phi) is 7.48. The molecular weight excluding hydrogens is 260 g/mol. The molecule has 4 unspecified atom stereocenters. The molecule has 1 saturated carbocycles. The zero-order chi connectivity index (χ0) is 15.1. The molecular formula is C18H36N2O. The third-order valence-electron chi connectivity index (χ3n) is 5.40. The van der Waals surface area contributed by atoms with Gasteiger partial charge in [0.05, 0.1) is 6.61 Å². The number of rotatable bonds is 7. The van der Waals surface area contributed by atoms with Crippen molar-refractivity contribution in [2.24, 2.45) is 17.8 Å². The van der Waals surface area contributed by atoms with Crippen LogP contribution in [-0.2, 0) is 4.74 Å². The average Bonchev–Trinajstić information content (AvgIpc) is 2.47. The predicted molar refractivity (Wildman–Crippen MR) is 89.6 cm³/mol. The summed E-state index contributed by atoms with van der Waals surface area (Å²) in [6.45, 7) is 10.7. The lowest BCUT2D eigenvalue weighted by Crippen LogP contribution is -2.48. The second-order valence-corrected chi connectivity index (χ2v) is 7.46. The number of likely N-dealkylation sites (tertiary alicyclic amines) is 1. The van der Waals surface area contributed by atoms with Crippen LogP contribution in [0.3, 0.4) is 0 Å². The Bertz CT molecular complexity index is 280. The van der Waals surface area contributed by atoms with Crippen LogP contribution in [0.15, 0.2) is 0 Å². The van der Waals surface area contributed by atoms with Crippen LogP contribution in [0, 0.1) is 17.8 Å². The summed E-state index contributed by atoms with van der Waals surface area (Å²) in [4.78, 5) is 2.72. The van der Waals surface area contributed by atoms with Crippen LogP contribution in [0.2, 0.25) is 0 Å². The van der Waals surface area contributed by atoms with Gasteiger partial charge in [-0.3, -0.25) is 0 Å². The van der Waals surface area contributed by atoms with Crippen molar-refractivity contribution in [1.82, 2.24) is 10.2 Å². The summed E-state index contributed by atoms with van der Waals surface area (Å²) >= 11 is 0. The molecule has 1 heterocycles. The number of nitrogens with zero attached hydrogens (tertiary/aromatic N) is 1. The summed E-state index contributed by atoms with van der Waals surface area (Å²) in [6.07, 6.45) is 8.14. The fourth-order valence-corrected chi connectivity index (χ4v) is 4.32. The molecule has 2 aliphatic rings. The average molecular weight is 296 g/mol. The third-order valence-corrected chi connectivity index (χ3v) is 5.40. The molecule has 0 aromatic heterocycles. The zero-order valence-electron chi connectivity index (χ0n) is 14.4. The SMILES string of the molecule is CCCNC1CCC(C)CC1CN1CCCC(COC)C1. The highest BCUT2D eigenvalue weighted by atomic mass is 16.5. The highest BCUT2D eigenvalue weighted by Gasteiger charge is 2.31. The molecule has 0 amide bonds. The van der Waals surface area contributed by atoms with Gasteiger partial charge in [0.1, 0.15) is 0 Å².